The normalized spacial score (nSPS) is 20.1. The number of esters is 2. The summed E-state index contributed by atoms with van der Waals surface area (Å²) in [5.41, 5.74) is 4.58. The van der Waals surface area contributed by atoms with Crippen molar-refractivity contribution < 1.29 is 71.4 Å². The van der Waals surface area contributed by atoms with Gasteiger partial charge in [0.1, 0.15) is 30.7 Å². The lowest BCUT2D eigenvalue weighted by Gasteiger charge is -2.21. The number of nitrogen functional groups attached to an aromatic ring is 1. The van der Waals surface area contributed by atoms with Crippen LogP contribution in [0.1, 0.15) is 181 Å². The first-order valence-electron chi connectivity index (χ1n) is 25.1. The number of unbranched alkanes of at least 4 members (excludes halogenated alkanes) is 19. The summed E-state index contributed by atoms with van der Waals surface area (Å²) in [5.74, 6) is -1.35. The number of allylic oxidation sites excluding steroid dienone is 4. The van der Waals surface area contributed by atoms with Gasteiger partial charge in [0.2, 0.25) is 0 Å². The Balaban J connectivity index is 1.82. The Morgan fingerprint density at radius 3 is 1.93 bits per heavy atom. The van der Waals surface area contributed by atoms with Crippen molar-refractivity contribution in [2.75, 3.05) is 25.6 Å². The molecular weight excluding hydrogens is 936 g/mol. The van der Waals surface area contributed by atoms with Gasteiger partial charge in [0.15, 0.2) is 12.3 Å². The van der Waals surface area contributed by atoms with Gasteiger partial charge in [-0.2, -0.15) is 9.29 Å². The first-order chi connectivity index (χ1) is 33.1. The average Bonchev–Trinajstić information content (AvgIpc) is 3.58. The molecule has 1 aliphatic heterocycles. The number of aliphatic hydroxyl groups is 3. The quantitative estimate of drug-likeness (QED) is 0.0117. The number of hydrogen-bond donors (Lipinski definition) is 6. The molecule has 0 aromatic carbocycles. The Kier molecular flexibility index (Phi) is 33.1. The number of rotatable bonds is 41. The fourth-order valence-corrected chi connectivity index (χ4v) is 9.52. The number of aromatic nitrogens is 2. The number of carbonyl (C=O) groups excluding carboxylic acids is 2. The van der Waals surface area contributed by atoms with E-state index >= 15 is 0 Å². The topological polar surface area (TPSA) is 286 Å². The highest BCUT2D eigenvalue weighted by Gasteiger charge is 2.46. The molecule has 69 heavy (non-hydrogen) atoms. The van der Waals surface area contributed by atoms with Crippen LogP contribution in [-0.2, 0) is 46.3 Å². The molecule has 19 nitrogen and oxygen atoms in total. The molecule has 1 aliphatic rings. The van der Waals surface area contributed by atoms with Gasteiger partial charge in [-0.3, -0.25) is 23.2 Å². The summed E-state index contributed by atoms with van der Waals surface area (Å²) < 4.78 is 56.7. The van der Waals surface area contributed by atoms with Gasteiger partial charge in [0, 0.05) is 19.0 Å². The fourth-order valence-electron chi connectivity index (χ4n) is 7.41. The van der Waals surface area contributed by atoms with E-state index in [9.17, 15) is 48.6 Å². The number of nitrogens with two attached hydrogens (primary N) is 1. The molecule has 1 aromatic heterocycles. The summed E-state index contributed by atoms with van der Waals surface area (Å²) in [7, 11) is -10.9. The van der Waals surface area contributed by atoms with Gasteiger partial charge in [-0.25, -0.2) is 13.9 Å². The van der Waals surface area contributed by atoms with Gasteiger partial charge in [-0.05, 0) is 44.6 Å². The molecule has 0 bridgehead atoms. The highest BCUT2D eigenvalue weighted by molar-refractivity contribution is 7.61. The van der Waals surface area contributed by atoms with Gasteiger partial charge in [-0.15, -0.1) is 0 Å². The van der Waals surface area contributed by atoms with Crippen LogP contribution < -0.4 is 11.4 Å². The minimum absolute atomic E-state index is 0.0380. The SMILES string of the molecule is CC/C=C/CC(O)/C=C/C=C/CCCCCCCC(=O)OC[C@H](COP(=O)(O)OP(=O)(O)OC[C@H]1O[C@@H](n2ccc(N)nc2=O)[C@H](O)[C@@H]1O)OC(=O)CCCCCCCCCCCCCCCCC. The maximum Gasteiger partial charge on any atom is 0.481 e. The Morgan fingerprint density at radius 2 is 1.33 bits per heavy atom. The summed E-state index contributed by atoms with van der Waals surface area (Å²) in [4.78, 5) is 61.9. The third-order valence-electron chi connectivity index (χ3n) is 11.3. The van der Waals surface area contributed by atoms with Crippen molar-refractivity contribution in [2.45, 2.75) is 211 Å². The highest BCUT2D eigenvalue weighted by atomic mass is 31.3. The predicted octanol–water partition coefficient (Wildman–Crippen LogP) is 8.97. The lowest BCUT2D eigenvalue weighted by Crippen LogP contribution is -2.36. The maximum absolute atomic E-state index is 12.9. The molecular formula is C48H83N3O16P2. The molecule has 1 saturated heterocycles. The monoisotopic (exact) mass is 1020 g/mol. The van der Waals surface area contributed by atoms with Gasteiger partial charge in [0.05, 0.1) is 19.3 Å². The summed E-state index contributed by atoms with van der Waals surface area (Å²) in [6, 6.07) is 1.24. The largest absolute Gasteiger partial charge is 0.481 e. The van der Waals surface area contributed by atoms with E-state index < -0.39 is 89.8 Å². The summed E-state index contributed by atoms with van der Waals surface area (Å²) in [6.07, 6.45) is 28.4. The number of carbonyl (C=O) groups is 2. The van der Waals surface area contributed by atoms with E-state index in [1.54, 1.807) is 6.08 Å². The second-order valence-corrected chi connectivity index (χ2v) is 20.5. The van der Waals surface area contributed by atoms with E-state index in [1.165, 1.54) is 70.3 Å². The first kappa shape index (κ1) is 62.1. The summed E-state index contributed by atoms with van der Waals surface area (Å²) >= 11 is 0. The van der Waals surface area contributed by atoms with E-state index in [0.717, 1.165) is 75.0 Å². The average molecular weight is 1020 g/mol. The zero-order valence-corrected chi connectivity index (χ0v) is 42.8. The van der Waals surface area contributed by atoms with Crippen molar-refractivity contribution in [2.24, 2.45) is 0 Å². The van der Waals surface area contributed by atoms with E-state index in [4.69, 9.17) is 29.0 Å². The van der Waals surface area contributed by atoms with Crippen molar-refractivity contribution in [3.8, 4) is 0 Å². The smallest absolute Gasteiger partial charge is 0.462 e. The van der Waals surface area contributed by atoms with Crippen molar-refractivity contribution >= 4 is 33.4 Å². The van der Waals surface area contributed by atoms with Crippen molar-refractivity contribution in [3.05, 3.63) is 59.2 Å². The molecule has 0 spiro atoms. The molecule has 7 N–H and O–H groups in total. The lowest BCUT2D eigenvalue weighted by atomic mass is 10.0. The van der Waals surface area contributed by atoms with Crippen LogP contribution in [0.3, 0.4) is 0 Å². The first-order valence-corrected chi connectivity index (χ1v) is 28.1. The van der Waals surface area contributed by atoms with E-state index in [0.29, 0.717) is 19.3 Å². The zero-order chi connectivity index (χ0) is 50.8. The molecule has 0 amide bonds. The van der Waals surface area contributed by atoms with Crippen LogP contribution in [0, 0.1) is 0 Å². The standard InChI is InChI=1S/C48H83N3O16P2/c1-3-5-7-8-9-10-11-12-13-14-15-18-22-25-29-33-44(54)65-40(36-62-43(53)32-28-24-21-19-16-17-20-23-27-31-39(52)30-26-6-4-2)37-63-68(58,59)67-69(60,61)64-38-41-45(55)46(56)47(66-41)51-35-34-42(49)50-48(51)57/h6,20,23,26-27,31,34-35,39-41,45-47,52,55-56H,3-5,7-19,21-22,24-25,28-30,32-33,36-38H2,1-2H3,(H,58,59)(H,60,61)(H2,49,50,57)/b23-20+,26-6+,31-27+/t39?,40-,41-,45-,46-,47-/m1/s1. The number of phosphoric acid groups is 2. The number of nitrogens with zero attached hydrogens (tertiary/aromatic N) is 2. The zero-order valence-electron chi connectivity index (χ0n) is 41.0. The molecule has 8 atom stereocenters. The van der Waals surface area contributed by atoms with Crippen LogP contribution in [0.15, 0.2) is 53.5 Å². The second-order valence-electron chi connectivity index (χ2n) is 17.5. The molecule has 1 fully saturated rings. The fraction of sp³-hybridized carbons (Fsp3) is 0.750. The number of aliphatic hydroxyl groups excluding tert-OH is 3. The van der Waals surface area contributed by atoms with Crippen LogP contribution in [0.5, 0.6) is 0 Å². The molecule has 21 heteroatoms. The van der Waals surface area contributed by atoms with Crippen LogP contribution in [-0.4, -0.2) is 96.9 Å². The molecule has 0 radical (unpaired) electrons. The molecule has 396 valence electrons. The Labute approximate surface area is 409 Å². The van der Waals surface area contributed by atoms with Crippen LogP contribution >= 0.6 is 15.6 Å². The van der Waals surface area contributed by atoms with Crippen molar-refractivity contribution in [1.29, 1.82) is 0 Å². The van der Waals surface area contributed by atoms with E-state index in [2.05, 4.69) is 16.2 Å². The summed E-state index contributed by atoms with van der Waals surface area (Å²) in [6.45, 7) is 1.92. The maximum atomic E-state index is 12.9. The Morgan fingerprint density at radius 1 is 0.768 bits per heavy atom. The molecule has 2 rings (SSSR count). The number of anilines is 1. The minimum atomic E-state index is -5.43. The molecule has 3 unspecified atom stereocenters. The van der Waals surface area contributed by atoms with Gasteiger partial charge in [-0.1, -0.05) is 159 Å². The number of ether oxygens (including phenoxy) is 3. The second kappa shape index (κ2) is 36.8. The van der Waals surface area contributed by atoms with Crippen molar-refractivity contribution in [1.82, 2.24) is 9.55 Å². The van der Waals surface area contributed by atoms with Crippen LogP contribution in [0.4, 0.5) is 5.82 Å². The van der Waals surface area contributed by atoms with Gasteiger partial charge in [0.25, 0.3) is 0 Å². The number of phosphoric ester groups is 2. The molecule has 0 saturated carbocycles. The van der Waals surface area contributed by atoms with E-state index in [-0.39, 0.29) is 18.7 Å². The Bertz CT molecular complexity index is 1810. The van der Waals surface area contributed by atoms with Crippen LogP contribution in [0.2, 0.25) is 0 Å². The Hall–Kier alpha value is -3.06. The third kappa shape index (κ3) is 29.8. The van der Waals surface area contributed by atoms with Crippen LogP contribution in [0.25, 0.3) is 0 Å². The summed E-state index contributed by atoms with van der Waals surface area (Å²) in [5, 5.41) is 30.8. The predicted molar refractivity (Wildman–Crippen MR) is 263 cm³/mol. The molecule has 2 heterocycles. The molecule has 1 aromatic rings. The van der Waals surface area contributed by atoms with Gasteiger partial charge >= 0.3 is 33.3 Å². The van der Waals surface area contributed by atoms with Crippen molar-refractivity contribution in [3.63, 3.8) is 0 Å². The highest BCUT2D eigenvalue weighted by Crippen LogP contribution is 2.60. The lowest BCUT2D eigenvalue weighted by molar-refractivity contribution is -0.161. The molecule has 0 aliphatic carbocycles. The number of hydrogen-bond acceptors (Lipinski definition) is 16. The minimum Gasteiger partial charge on any atom is -0.462 e. The third-order valence-corrected chi connectivity index (χ3v) is 13.9. The van der Waals surface area contributed by atoms with Gasteiger partial charge < -0.3 is 45.1 Å². The van der Waals surface area contributed by atoms with E-state index in [1.807, 2.05) is 37.3 Å².